The van der Waals surface area contributed by atoms with Gasteiger partial charge in [-0.2, -0.15) is 0 Å². The average molecular weight is 298 g/mol. The number of hydrogen-bond donors (Lipinski definition) is 2. The lowest BCUT2D eigenvalue weighted by Crippen LogP contribution is -2.33. The van der Waals surface area contributed by atoms with Gasteiger partial charge in [-0.25, -0.2) is 13.1 Å². The lowest BCUT2D eigenvalue weighted by molar-refractivity contribution is 0.409. The predicted octanol–water partition coefficient (Wildman–Crippen LogP) is 1.62. The van der Waals surface area contributed by atoms with Crippen molar-refractivity contribution < 1.29 is 13.2 Å². The third-order valence-electron chi connectivity index (χ3n) is 3.80. The van der Waals surface area contributed by atoms with Crippen LogP contribution in [0.2, 0.25) is 0 Å². The molecule has 1 aromatic carbocycles. The molecular formula is C14H22N2O3S. The minimum atomic E-state index is -3.49. The van der Waals surface area contributed by atoms with Crippen LogP contribution in [-0.2, 0) is 16.6 Å². The van der Waals surface area contributed by atoms with E-state index < -0.39 is 10.0 Å². The number of methoxy groups -OCH3 is 1. The molecule has 5 nitrogen and oxygen atoms in total. The van der Waals surface area contributed by atoms with E-state index in [4.69, 9.17) is 10.5 Å². The highest BCUT2D eigenvalue weighted by atomic mass is 32.2. The topological polar surface area (TPSA) is 81.4 Å². The summed E-state index contributed by atoms with van der Waals surface area (Å²) in [4.78, 5) is 0.248. The van der Waals surface area contributed by atoms with Gasteiger partial charge in [0, 0.05) is 18.2 Å². The molecule has 0 aromatic heterocycles. The Hall–Kier alpha value is -1.11. The van der Waals surface area contributed by atoms with Gasteiger partial charge in [0.2, 0.25) is 10.0 Å². The minimum absolute atomic E-state index is 0.0402. The third kappa shape index (κ3) is 3.31. The molecule has 2 atom stereocenters. The highest BCUT2D eigenvalue weighted by molar-refractivity contribution is 7.89. The minimum Gasteiger partial charge on any atom is -0.496 e. The Labute approximate surface area is 120 Å². The molecule has 0 saturated heterocycles. The first kappa shape index (κ1) is 15.3. The van der Waals surface area contributed by atoms with Crippen molar-refractivity contribution in [1.29, 1.82) is 0 Å². The first-order valence-electron chi connectivity index (χ1n) is 6.85. The smallest absolute Gasteiger partial charge is 0.240 e. The van der Waals surface area contributed by atoms with E-state index in [1.54, 1.807) is 25.3 Å². The fraction of sp³-hybridized carbons (Fsp3) is 0.571. The molecule has 112 valence electrons. The van der Waals surface area contributed by atoms with Crippen LogP contribution in [0.4, 0.5) is 0 Å². The first-order valence-corrected chi connectivity index (χ1v) is 8.34. The molecule has 0 radical (unpaired) electrons. The number of rotatable bonds is 5. The van der Waals surface area contributed by atoms with Crippen molar-refractivity contribution in [2.24, 2.45) is 11.7 Å². The van der Waals surface area contributed by atoms with Crippen LogP contribution in [-0.4, -0.2) is 21.6 Å². The van der Waals surface area contributed by atoms with Crippen molar-refractivity contribution in [3.05, 3.63) is 23.8 Å². The zero-order chi connectivity index (χ0) is 14.8. The molecule has 1 aliphatic rings. The normalized spacial score (nSPS) is 22.9. The van der Waals surface area contributed by atoms with Crippen LogP contribution in [0.1, 0.15) is 31.7 Å². The highest BCUT2D eigenvalue weighted by Crippen LogP contribution is 2.27. The molecule has 0 heterocycles. The fourth-order valence-corrected chi connectivity index (χ4v) is 4.02. The van der Waals surface area contributed by atoms with Gasteiger partial charge < -0.3 is 10.5 Å². The van der Waals surface area contributed by atoms with E-state index in [2.05, 4.69) is 11.6 Å². The monoisotopic (exact) mass is 298 g/mol. The Morgan fingerprint density at radius 3 is 2.70 bits per heavy atom. The third-order valence-corrected chi connectivity index (χ3v) is 5.32. The van der Waals surface area contributed by atoms with E-state index in [1.807, 2.05) is 0 Å². The van der Waals surface area contributed by atoms with Gasteiger partial charge in [-0.3, -0.25) is 0 Å². The van der Waals surface area contributed by atoms with E-state index in [0.29, 0.717) is 17.2 Å². The second-order valence-corrected chi connectivity index (χ2v) is 7.13. The maximum absolute atomic E-state index is 12.4. The molecule has 0 amide bonds. The summed E-state index contributed by atoms with van der Waals surface area (Å²) in [5, 5.41) is 0. The first-order chi connectivity index (χ1) is 9.46. The van der Waals surface area contributed by atoms with Crippen LogP contribution in [0.5, 0.6) is 5.75 Å². The summed E-state index contributed by atoms with van der Waals surface area (Å²) in [5.41, 5.74) is 6.31. The van der Waals surface area contributed by atoms with Gasteiger partial charge in [0.25, 0.3) is 0 Å². The lowest BCUT2D eigenvalue weighted by Gasteiger charge is -2.14. The summed E-state index contributed by atoms with van der Waals surface area (Å²) < 4.78 is 32.7. The Morgan fingerprint density at radius 1 is 1.40 bits per heavy atom. The molecule has 0 bridgehead atoms. The van der Waals surface area contributed by atoms with Crippen molar-refractivity contribution >= 4 is 10.0 Å². The summed E-state index contributed by atoms with van der Waals surface area (Å²) >= 11 is 0. The summed E-state index contributed by atoms with van der Waals surface area (Å²) in [6.07, 6.45) is 2.88. The Balaban J connectivity index is 2.21. The number of ether oxygens (including phenoxy) is 1. The Bertz CT molecular complexity index is 572. The average Bonchev–Trinajstić information content (AvgIpc) is 2.82. The summed E-state index contributed by atoms with van der Waals surface area (Å²) in [6.45, 7) is 2.39. The van der Waals surface area contributed by atoms with Gasteiger partial charge in [0.1, 0.15) is 5.75 Å². The van der Waals surface area contributed by atoms with E-state index >= 15 is 0 Å². The molecule has 2 unspecified atom stereocenters. The highest BCUT2D eigenvalue weighted by Gasteiger charge is 2.26. The molecule has 20 heavy (non-hydrogen) atoms. The van der Waals surface area contributed by atoms with E-state index in [9.17, 15) is 8.42 Å². The molecule has 6 heteroatoms. The van der Waals surface area contributed by atoms with Crippen molar-refractivity contribution in [3.8, 4) is 5.75 Å². The summed E-state index contributed by atoms with van der Waals surface area (Å²) in [5.74, 6) is 1.19. The zero-order valence-corrected chi connectivity index (χ0v) is 12.7. The van der Waals surface area contributed by atoms with Gasteiger partial charge >= 0.3 is 0 Å². The molecule has 1 saturated carbocycles. The van der Waals surface area contributed by atoms with Crippen LogP contribution < -0.4 is 15.2 Å². The van der Waals surface area contributed by atoms with Crippen LogP contribution in [0.15, 0.2) is 23.1 Å². The fourth-order valence-electron chi connectivity index (χ4n) is 2.68. The van der Waals surface area contributed by atoms with Crippen molar-refractivity contribution in [2.45, 2.75) is 43.7 Å². The number of sulfonamides is 1. The van der Waals surface area contributed by atoms with Gasteiger partial charge in [0.15, 0.2) is 0 Å². The molecule has 1 aromatic rings. The molecule has 1 aliphatic carbocycles. The SMILES string of the molecule is COc1ccc(S(=O)(=O)NC2CCC(C)C2)cc1CN. The molecule has 0 aliphatic heterocycles. The van der Waals surface area contributed by atoms with Gasteiger partial charge in [-0.05, 0) is 43.4 Å². The van der Waals surface area contributed by atoms with Gasteiger partial charge in [-0.15, -0.1) is 0 Å². The molecule has 3 N–H and O–H groups in total. The second-order valence-electron chi connectivity index (χ2n) is 5.41. The van der Waals surface area contributed by atoms with E-state index in [0.717, 1.165) is 19.3 Å². The number of nitrogens with two attached hydrogens (primary N) is 1. The van der Waals surface area contributed by atoms with E-state index in [-0.39, 0.29) is 17.5 Å². The second kappa shape index (κ2) is 6.11. The summed E-state index contributed by atoms with van der Waals surface area (Å²) in [7, 11) is -1.94. The zero-order valence-electron chi connectivity index (χ0n) is 11.9. The quantitative estimate of drug-likeness (QED) is 0.865. The summed E-state index contributed by atoms with van der Waals surface area (Å²) in [6, 6.07) is 4.82. The molecule has 2 rings (SSSR count). The van der Waals surface area contributed by atoms with Crippen LogP contribution >= 0.6 is 0 Å². The number of hydrogen-bond acceptors (Lipinski definition) is 4. The van der Waals surface area contributed by atoms with Crippen molar-refractivity contribution in [1.82, 2.24) is 4.72 Å². The molecular weight excluding hydrogens is 276 g/mol. The number of nitrogens with one attached hydrogen (secondary N) is 1. The maximum atomic E-state index is 12.4. The van der Waals surface area contributed by atoms with Gasteiger partial charge in [-0.1, -0.05) is 6.92 Å². The standard InChI is InChI=1S/C14H22N2O3S/c1-10-3-4-12(7-10)16-20(17,18)13-5-6-14(19-2)11(8-13)9-15/h5-6,8,10,12,16H,3-4,7,9,15H2,1-2H3. The molecule has 1 fully saturated rings. The van der Waals surface area contributed by atoms with Gasteiger partial charge in [0.05, 0.1) is 12.0 Å². The Morgan fingerprint density at radius 2 is 2.15 bits per heavy atom. The largest absolute Gasteiger partial charge is 0.496 e. The van der Waals surface area contributed by atoms with Crippen LogP contribution in [0.25, 0.3) is 0 Å². The van der Waals surface area contributed by atoms with E-state index in [1.165, 1.54) is 0 Å². The van der Waals surface area contributed by atoms with Crippen LogP contribution in [0.3, 0.4) is 0 Å². The van der Waals surface area contributed by atoms with Crippen molar-refractivity contribution in [2.75, 3.05) is 7.11 Å². The predicted molar refractivity (Wildman–Crippen MR) is 78.0 cm³/mol. The van der Waals surface area contributed by atoms with Crippen molar-refractivity contribution in [3.63, 3.8) is 0 Å². The maximum Gasteiger partial charge on any atom is 0.240 e. The Kier molecular flexibility index (Phi) is 4.67. The molecule has 0 spiro atoms. The lowest BCUT2D eigenvalue weighted by atomic mass is 10.1. The van der Waals surface area contributed by atoms with Crippen LogP contribution in [0, 0.1) is 5.92 Å². The number of benzene rings is 1.